The van der Waals surface area contributed by atoms with Crippen molar-refractivity contribution < 1.29 is 18.0 Å². The van der Waals surface area contributed by atoms with Crippen LogP contribution in [0.15, 0.2) is 18.6 Å². The molecule has 3 rings (SSSR count). The van der Waals surface area contributed by atoms with E-state index in [0.29, 0.717) is 12.5 Å². The van der Waals surface area contributed by atoms with Crippen LogP contribution in [-0.2, 0) is 19.3 Å². The van der Waals surface area contributed by atoms with Crippen LogP contribution < -0.4 is 4.90 Å². The molecule has 24 heavy (non-hydrogen) atoms. The highest BCUT2D eigenvalue weighted by Crippen LogP contribution is 2.29. The van der Waals surface area contributed by atoms with Gasteiger partial charge in [0.05, 0.1) is 12.1 Å². The number of nitrogens with zero attached hydrogens (tertiary/aromatic N) is 6. The SMILES string of the molecule is CN(C)c1ncc(C(=O)N2CCn3cc(C(F)(F)F)nc3C2)cn1. The van der Waals surface area contributed by atoms with Crippen molar-refractivity contribution in [2.45, 2.75) is 19.3 Å². The number of alkyl halides is 3. The van der Waals surface area contributed by atoms with E-state index in [1.165, 1.54) is 21.9 Å². The van der Waals surface area contributed by atoms with E-state index in [4.69, 9.17) is 0 Å². The van der Waals surface area contributed by atoms with Crippen LogP contribution in [0.25, 0.3) is 0 Å². The second-order valence-electron chi connectivity index (χ2n) is 5.63. The molecule has 3 heterocycles. The lowest BCUT2D eigenvalue weighted by atomic mass is 10.2. The minimum absolute atomic E-state index is 0.0182. The maximum atomic E-state index is 12.7. The molecule has 128 valence electrons. The number of aromatic nitrogens is 4. The first kappa shape index (κ1) is 16.2. The monoisotopic (exact) mass is 340 g/mol. The van der Waals surface area contributed by atoms with E-state index in [1.54, 1.807) is 19.0 Å². The molecule has 2 aromatic heterocycles. The summed E-state index contributed by atoms with van der Waals surface area (Å²) in [7, 11) is 3.55. The molecule has 1 aliphatic rings. The molecule has 0 atom stereocenters. The first-order valence-electron chi connectivity index (χ1n) is 7.17. The smallest absolute Gasteiger partial charge is 0.347 e. The number of fused-ring (bicyclic) bond motifs is 1. The second kappa shape index (κ2) is 5.77. The van der Waals surface area contributed by atoms with Gasteiger partial charge >= 0.3 is 6.18 Å². The number of hydrogen-bond acceptors (Lipinski definition) is 5. The lowest BCUT2D eigenvalue weighted by Crippen LogP contribution is -2.38. The molecule has 1 amide bonds. The molecule has 0 aromatic carbocycles. The van der Waals surface area contributed by atoms with Crippen molar-refractivity contribution >= 4 is 11.9 Å². The van der Waals surface area contributed by atoms with Crippen molar-refractivity contribution in [2.75, 3.05) is 25.5 Å². The van der Waals surface area contributed by atoms with Gasteiger partial charge in [-0.1, -0.05) is 0 Å². The lowest BCUT2D eigenvalue weighted by molar-refractivity contribution is -0.141. The molecule has 0 radical (unpaired) electrons. The fraction of sp³-hybridized carbons (Fsp3) is 0.429. The van der Waals surface area contributed by atoms with Gasteiger partial charge in [0.2, 0.25) is 5.95 Å². The highest BCUT2D eigenvalue weighted by molar-refractivity contribution is 5.93. The van der Waals surface area contributed by atoms with E-state index in [1.807, 2.05) is 0 Å². The van der Waals surface area contributed by atoms with Crippen molar-refractivity contribution in [3.63, 3.8) is 0 Å². The summed E-state index contributed by atoms with van der Waals surface area (Å²) in [4.78, 5) is 27.3. The molecule has 0 unspecified atom stereocenters. The minimum Gasteiger partial charge on any atom is -0.347 e. The molecule has 1 aliphatic heterocycles. The first-order valence-corrected chi connectivity index (χ1v) is 7.17. The van der Waals surface area contributed by atoms with Crippen molar-refractivity contribution in [1.29, 1.82) is 0 Å². The summed E-state index contributed by atoms with van der Waals surface area (Å²) in [5, 5.41) is 0. The highest BCUT2D eigenvalue weighted by atomic mass is 19.4. The number of hydrogen-bond donors (Lipinski definition) is 0. The topological polar surface area (TPSA) is 67.2 Å². The Morgan fingerprint density at radius 1 is 1.21 bits per heavy atom. The Bertz CT molecular complexity index is 753. The van der Waals surface area contributed by atoms with Crippen LogP contribution >= 0.6 is 0 Å². The zero-order valence-electron chi connectivity index (χ0n) is 13.1. The maximum absolute atomic E-state index is 12.7. The number of amides is 1. The maximum Gasteiger partial charge on any atom is 0.434 e. The third kappa shape index (κ3) is 3.03. The number of rotatable bonds is 2. The van der Waals surface area contributed by atoms with Gasteiger partial charge in [-0.05, 0) is 0 Å². The summed E-state index contributed by atoms with van der Waals surface area (Å²) in [5.41, 5.74) is -0.651. The molecular formula is C14H15F3N6O. The Balaban J connectivity index is 1.77. The molecule has 0 saturated heterocycles. The Morgan fingerprint density at radius 3 is 2.46 bits per heavy atom. The first-order chi connectivity index (χ1) is 11.3. The van der Waals surface area contributed by atoms with Crippen LogP contribution in [0.2, 0.25) is 0 Å². The van der Waals surface area contributed by atoms with Crippen LogP contribution in [0.1, 0.15) is 21.9 Å². The number of carbonyl (C=O) groups excluding carboxylic acids is 1. The third-order valence-electron chi connectivity index (χ3n) is 3.67. The Labute approximate surface area is 135 Å². The molecular weight excluding hydrogens is 325 g/mol. The van der Waals surface area contributed by atoms with Crippen LogP contribution in [0.5, 0.6) is 0 Å². The van der Waals surface area contributed by atoms with E-state index in [2.05, 4.69) is 15.0 Å². The number of halogens is 3. The third-order valence-corrected chi connectivity index (χ3v) is 3.67. The standard InChI is InChI=1S/C14H15F3N6O/c1-21(2)13-18-5-9(6-19-13)12(24)23-4-3-22-7-10(14(15,16)17)20-11(22)8-23/h5-7H,3-4,8H2,1-2H3. The summed E-state index contributed by atoms with van der Waals surface area (Å²) < 4.78 is 39.6. The summed E-state index contributed by atoms with van der Waals surface area (Å²) >= 11 is 0. The molecule has 0 bridgehead atoms. The van der Waals surface area contributed by atoms with Crippen LogP contribution in [0, 0.1) is 0 Å². The number of anilines is 1. The Hall–Kier alpha value is -2.65. The van der Waals surface area contributed by atoms with Gasteiger partial charge in [-0.2, -0.15) is 13.2 Å². The zero-order valence-corrected chi connectivity index (χ0v) is 13.1. The fourth-order valence-corrected chi connectivity index (χ4v) is 2.41. The predicted octanol–water partition coefficient (Wildman–Crippen LogP) is 1.41. The van der Waals surface area contributed by atoms with Gasteiger partial charge in [-0.25, -0.2) is 15.0 Å². The summed E-state index contributed by atoms with van der Waals surface area (Å²) in [5.74, 6) is 0.353. The average Bonchev–Trinajstić information content (AvgIpc) is 2.97. The van der Waals surface area contributed by atoms with E-state index in [9.17, 15) is 18.0 Å². The highest BCUT2D eigenvalue weighted by Gasteiger charge is 2.36. The van der Waals surface area contributed by atoms with Crippen LogP contribution in [0.3, 0.4) is 0 Å². The normalized spacial score (nSPS) is 14.5. The summed E-state index contributed by atoms with van der Waals surface area (Å²) in [6.45, 7) is 0.583. The van der Waals surface area contributed by atoms with Gasteiger partial charge in [0.1, 0.15) is 5.82 Å². The molecule has 0 saturated carbocycles. The Kier molecular flexibility index (Phi) is 3.90. The van der Waals surface area contributed by atoms with Gasteiger partial charge in [0.15, 0.2) is 5.69 Å². The minimum atomic E-state index is -4.49. The van der Waals surface area contributed by atoms with Gasteiger partial charge in [-0.15, -0.1) is 0 Å². The van der Waals surface area contributed by atoms with Gasteiger partial charge in [0, 0.05) is 45.8 Å². The molecule has 7 nitrogen and oxygen atoms in total. The molecule has 0 spiro atoms. The fourth-order valence-electron chi connectivity index (χ4n) is 2.41. The average molecular weight is 340 g/mol. The van der Waals surface area contributed by atoms with Gasteiger partial charge < -0.3 is 14.4 Å². The summed E-state index contributed by atoms with van der Waals surface area (Å²) in [6, 6.07) is 0. The van der Waals surface area contributed by atoms with Gasteiger partial charge in [0.25, 0.3) is 5.91 Å². The largest absolute Gasteiger partial charge is 0.434 e. The van der Waals surface area contributed by atoms with E-state index >= 15 is 0 Å². The second-order valence-corrected chi connectivity index (χ2v) is 5.63. The van der Waals surface area contributed by atoms with E-state index in [0.717, 1.165) is 6.20 Å². The van der Waals surface area contributed by atoms with Crippen molar-refractivity contribution in [2.24, 2.45) is 0 Å². The molecule has 0 aliphatic carbocycles. The lowest BCUT2D eigenvalue weighted by Gasteiger charge is -2.27. The van der Waals surface area contributed by atoms with Crippen LogP contribution in [0.4, 0.5) is 19.1 Å². The predicted molar refractivity (Wildman–Crippen MR) is 78.3 cm³/mol. The molecule has 0 N–H and O–H groups in total. The Morgan fingerprint density at radius 2 is 1.88 bits per heavy atom. The van der Waals surface area contributed by atoms with E-state index < -0.39 is 11.9 Å². The van der Waals surface area contributed by atoms with Gasteiger partial charge in [-0.3, -0.25) is 4.79 Å². The zero-order chi connectivity index (χ0) is 17.5. The quantitative estimate of drug-likeness (QED) is 0.827. The molecule has 2 aromatic rings. The molecule has 10 heteroatoms. The van der Waals surface area contributed by atoms with Crippen LogP contribution in [-0.4, -0.2) is 51.0 Å². The number of carbonyl (C=O) groups is 1. The van der Waals surface area contributed by atoms with Crippen molar-refractivity contribution in [3.05, 3.63) is 35.7 Å². The van der Waals surface area contributed by atoms with E-state index in [-0.39, 0.29) is 30.4 Å². The number of imidazole rings is 1. The van der Waals surface area contributed by atoms with Crippen molar-refractivity contribution in [1.82, 2.24) is 24.4 Å². The molecule has 0 fully saturated rings. The summed E-state index contributed by atoms with van der Waals surface area (Å²) in [6.07, 6.45) is -0.694. The van der Waals surface area contributed by atoms with Crippen molar-refractivity contribution in [3.8, 4) is 0 Å².